The van der Waals surface area contributed by atoms with Gasteiger partial charge >= 0.3 is 12.1 Å². The van der Waals surface area contributed by atoms with Gasteiger partial charge in [0.15, 0.2) is 0 Å². The van der Waals surface area contributed by atoms with Crippen LogP contribution in [-0.2, 0) is 34.0 Å². The van der Waals surface area contributed by atoms with Gasteiger partial charge in [0.05, 0.1) is 6.54 Å². The number of likely N-dealkylation sites (tertiary alicyclic amines) is 1. The van der Waals surface area contributed by atoms with E-state index in [1.807, 2.05) is 84.9 Å². The monoisotopic (exact) mass is 838 g/mol. The second-order valence-electron chi connectivity index (χ2n) is 17.0. The molecule has 0 bridgehead atoms. The van der Waals surface area contributed by atoms with Crippen molar-refractivity contribution in [2.45, 2.75) is 89.0 Å². The second-order valence-corrected chi connectivity index (χ2v) is 17.0. The molecule has 1 aliphatic heterocycles. The molecule has 0 aromatic heterocycles. The molecule has 2 aliphatic carbocycles. The summed E-state index contributed by atoms with van der Waals surface area (Å²) in [6, 6.07) is 49.0. The molecule has 0 radical (unpaired) electrons. The molecular formula is C55H54N2O6. The van der Waals surface area contributed by atoms with E-state index in [1.54, 1.807) is 28.0 Å². The number of nitrogens with zero attached hydrogens (tertiary/aromatic N) is 2. The van der Waals surface area contributed by atoms with Gasteiger partial charge in [-0.3, -0.25) is 9.69 Å². The molecule has 1 heterocycles. The second kappa shape index (κ2) is 19.6. The molecule has 8 heteroatoms. The van der Waals surface area contributed by atoms with E-state index in [4.69, 9.17) is 14.2 Å². The Kier molecular flexibility index (Phi) is 13.0. The summed E-state index contributed by atoms with van der Waals surface area (Å²) in [5.74, 6) is 0.0147. The SMILES string of the molecule is O=C(OCc1ccccc1)c1ccc(N(Cc2ccc(C3CCCCC3)cc2)C(=O)[C@H]2CCCCN2C(=O)OCC2c3ccccc3-c3ccccc32)cc1OCc1ccccc1. The van der Waals surface area contributed by atoms with Crippen LogP contribution in [0.3, 0.4) is 0 Å². The van der Waals surface area contributed by atoms with Gasteiger partial charge in [0.1, 0.15) is 37.2 Å². The lowest BCUT2D eigenvalue weighted by molar-refractivity contribution is -0.124. The van der Waals surface area contributed by atoms with Crippen molar-refractivity contribution in [2.24, 2.45) is 0 Å². The fourth-order valence-corrected chi connectivity index (χ4v) is 9.58. The first-order chi connectivity index (χ1) is 31.0. The molecule has 63 heavy (non-hydrogen) atoms. The minimum atomic E-state index is -0.750. The maximum atomic E-state index is 15.2. The number of anilines is 1. The van der Waals surface area contributed by atoms with Crippen LogP contribution in [0.15, 0.2) is 152 Å². The van der Waals surface area contributed by atoms with Crippen LogP contribution in [0.1, 0.15) is 107 Å². The zero-order chi connectivity index (χ0) is 43.0. The Morgan fingerprint density at radius 1 is 0.587 bits per heavy atom. The number of benzene rings is 6. The summed E-state index contributed by atoms with van der Waals surface area (Å²) >= 11 is 0. The van der Waals surface area contributed by atoms with E-state index in [1.165, 1.54) is 37.7 Å². The third kappa shape index (κ3) is 9.56. The molecule has 2 amide bonds. The highest BCUT2D eigenvalue weighted by Gasteiger charge is 2.38. The first-order valence-corrected chi connectivity index (χ1v) is 22.5. The van der Waals surface area contributed by atoms with Crippen LogP contribution in [0, 0.1) is 0 Å². The maximum absolute atomic E-state index is 15.2. The minimum absolute atomic E-state index is 0.0967. The smallest absolute Gasteiger partial charge is 0.410 e. The van der Waals surface area contributed by atoms with Crippen molar-refractivity contribution >= 4 is 23.7 Å². The summed E-state index contributed by atoms with van der Waals surface area (Å²) in [5.41, 5.74) is 9.49. The van der Waals surface area contributed by atoms with Crippen LogP contribution in [0.4, 0.5) is 10.5 Å². The van der Waals surface area contributed by atoms with Gasteiger partial charge in [-0.15, -0.1) is 0 Å². The molecule has 6 aromatic rings. The number of hydrogen-bond donors (Lipinski definition) is 0. The molecule has 0 N–H and O–H groups in total. The van der Waals surface area contributed by atoms with Gasteiger partial charge in [0.25, 0.3) is 0 Å². The van der Waals surface area contributed by atoms with E-state index in [0.717, 1.165) is 51.8 Å². The molecule has 9 rings (SSSR count). The Morgan fingerprint density at radius 3 is 1.89 bits per heavy atom. The topological polar surface area (TPSA) is 85.4 Å². The van der Waals surface area contributed by atoms with Crippen LogP contribution < -0.4 is 9.64 Å². The average molecular weight is 839 g/mol. The molecule has 2 fully saturated rings. The highest BCUT2D eigenvalue weighted by molar-refractivity contribution is 6.00. The molecule has 1 saturated heterocycles. The molecule has 8 nitrogen and oxygen atoms in total. The number of esters is 1. The van der Waals surface area contributed by atoms with Crippen LogP contribution in [-0.4, -0.2) is 42.1 Å². The van der Waals surface area contributed by atoms with E-state index < -0.39 is 18.1 Å². The van der Waals surface area contributed by atoms with E-state index >= 15 is 4.79 Å². The molecule has 3 aliphatic rings. The first kappa shape index (κ1) is 41.7. The zero-order valence-electron chi connectivity index (χ0n) is 35.7. The summed E-state index contributed by atoms with van der Waals surface area (Å²) in [4.78, 5) is 46.6. The highest BCUT2D eigenvalue weighted by atomic mass is 16.6. The number of amides is 2. The number of carbonyl (C=O) groups excluding carboxylic acids is 3. The van der Waals surface area contributed by atoms with Crippen molar-refractivity contribution in [3.8, 4) is 16.9 Å². The lowest BCUT2D eigenvalue weighted by Crippen LogP contribution is -2.53. The lowest BCUT2D eigenvalue weighted by Gasteiger charge is -2.37. The number of fused-ring (bicyclic) bond motifs is 3. The fraction of sp³-hybridized carbons (Fsp3) is 0.291. The fourth-order valence-electron chi connectivity index (χ4n) is 9.58. The van der Waals surface area contributed by atoms with Gasteiger partial charge in [-0.25, -0.2) is 9.59 Å². The van der Waals surface area contributed by atoms with Gasteiger partial charge in [0.2, 0.25) is 5.91 Å². The molecule has 1 atom stereocenters. The first-order valence-electron chi connectivity index (χ1n) is 22.5. The average Bonchev–Trinajstić information content (AvgIpc) is 3.67. The van der Waals surface area contributed by atoms with E-state index in [0.29, 0.717) is 30.3 Å². The summed E-state index contributed by atoms with van der Waals surface area (Å²) in [7, 11) is 0. The van der Waals surface area contributed by atoms with Crippen LogP contribution in [0.25, 0.3) is 11.1 Å². The standard InChI is InChI=1S/C55H54N2O6/c58-53(51-26-14-15-33-56(51)55(60)63-38-50-47-24-12-10-22-45(47)46-23-11-13-25-48(46)50)57(35-39-27-29-43(30-28-39)42-20-8-3-9-21-42)44-31-32-49(54(59)62-37-41-18-6-2-7-19-41)52(34-44)61-36-40-16-4-1-5-17-40/h1-2,4-7,10-13,16-19,22-25,27-32,34,42,50-51H,3,8-9,14-15,20-21,26,33,35-38H2/t51-/m1/s1. The van der Waals surface area contributed by atoms with Gasteiger partial charge in [-0.2, -0.15) is 0 Å². The Hall–Kier alpha value is -6.67. The summed E-state index contributed by atoms with van der Waals surface area (Å²) < 4.78 is 18.4. The number of rotatable bonds is 13. The molecule has 1 saturated carbocycles. The number of ether oxygens (including phenoxy) is 3. The lowest BCUT2D eigenvalue weighted by atomic mass is 9.84. The summed E-state index contributed by atoms with van der Waals surface area (Å²) in [6.07, 6.45) is 7.77. The summed E-state index contributed by atoms with van der Waals surface area (Å²) in [6.45, 7) is 1.15. The molecular weight excluding hydrogens is 785 g/mol. The maximum Gasteiger partial charge on any atom is 0.410 e. The molecule has 6 aromatic carbocycles. The summed E-state index contributed by atoms with van der Waals surface area (Å²) in [5, 5.41) is 0. The normalized spacial score (nSPS) is 16.1. The van der Waals surface area contributed by atoms with Crippen LogP contribution >= 0.6 is 0 Å². The third-order valence-corrected chi connectivity index (χ3v) is 13.0. The highest BCUT2D eigenvalue weighted by Crippen LogP contribution is 2.45. The minimum Gasteiger partial charge on any atom is -0.488 e. The third-order valence-electron chi connectivity index (χ3n) is 13.0. The van der Waals surface area contributed by atoms with Gasteiger partial charge < -0.3 is 19.1 Å². The van der Waals surface area contributed by atoms with Gasteiger partial charge in [-0.05, 0) is 94.7 Å². The van der Waals surface area contributed by atoms with E-state index in [-0.39, 0.29) is 43.8 Å². The van der Waals surface area contributed by atoms with Crippen LogP contribution in [0.5, 0.6) is 5.75 Å². The Balaban J connectivity index is 1.01. The van der Waals surface area contributed by atoms with Gasteiger partial charge in [0, 0.05) is 24.2 Å². The van der Waals surface area contributed by atoms with Crippen molar-refractivity contribution in [2.75, 3.05) is 18.1 Å². The Bertz CT molecular complexity index is 2470. The van der Waals surface area contributed by atoms with E-state index in [9.17, 15) is 9.59 Å². The predicted octanol–water partition coefficient (Wildman–Crippen LogP) is 12.0. The van der Waals surface area contributed by atoms with Gasteiger partial charge in [-0.1, -0.05) is 153 Å². The van der Waals surface area contributed by atoms with E-state index in [2.05, 4.69) is 48.5 Å². The molecule has 0 unspecified atom stereocenters. The number of piperidine rings is 1. The largest absolute Gasteiger partial charge is 0.488 e. The Labute approximate surface area is 370 Å². The zero-order valence-corrected chi connectivity index (χ0v) is 35.7. The van der Waals surface area contributed by atoms with Crippen molar-refractivity contribution in [3.05, 3.63) is 191 Å². The predicted molar refractivity (Wildman–Crippen MR) is 246 cm³/mol. The quantitative estimate of drug-likeness (QED) is 0.108. The Morgan fingerprint density at radius 2 is 1.21 bits per heavy atom. The van der Waals surface area contributed by atoms with Crippen molar-refractivity contribution < 1.29 is 28.6 Å². The molecule has 0 spiro atoms. The van der Waals surface area contributed by atoms with Crippen molar-refractivity contribution in [3.63, 3.8) is 0 Å². The number of carbonyl (C=O) groups is 3. The molecule has 320 valence electrons. The van der Waals surface area contributed by atoms with Crippen molar-refractivity contribution in [1.82, 2.24) is 4.90 Å². The van der Waals surface area contributed by atoms with Crippen molar-refractivity contribution in [1.29, 1.82) is 0 Å². The number of hydrogen-bond acceptors (Lipinski definition) is 6. The van der Waals surface area contributed by atoms with Crippen LogP contribution in [0.2, 0.25) is 0 Å².